The van der Waals surface area contributed by atoms with Gasteiger partial charge in [0.15, 0.2) is 0 Å². The Morgan fingerprint density at radius 3 is 2.27 bits per heavy atom. The molecule has 126 valence electrons. The van der Waals surface area contributed by atoms with E-state index in [9.17, 15) is 0 Å². The summed E-state index contributed by atoms with van der Waals surface area (Å²) in [6, 6.07) is 28.6. The second-order valence-corrected chi connectivity index (χ2v) is 7.36. The van der Waals surface area contributed by atoms with Crippen LogP contribution in [0.1, 0.15) is 46.6 Å². The van der Waals surface area contributed by atoms with Gasteiger partial charge in [-0.2, -0.15) is 0 Å². The van der Waals surface area contributed by atoms with Gasteiger partial charge in [-0.15, -0.1) is 0 Å². The minimum absolute atomic E-state index is 0.498. The van der Waals surface area contributed by atoms with Crippen LogP contribution < -0.4 is 0 Å². The van der Waals surface area contributed by atoms with E-state index in [2.05, 4.69) is 91.0 Å². The summed E-state index contributed by atoms with van der Waals surface area (Å²) in [4.78, 5) is 0. The second kappa shape index (κ2) is 6.46. The number of benzene rings is 3. The summed E-state index contributed by atoms with van der Waals surface area (Å²) in [7, 11) is 0. The van der Waals surface area contributed by atoms with Gasteiger partial charge >= 0.3 is 0 Å². The number of hydrogen-bond acceptors (Lipinski definition) is 0. The first-order chi connectivity index (χ1) is 12.9. The highest BCUT2D eigenvalue weighted by Crippen LogP contribution is 2.45. The quantitative estimate of drug-likeness (QED) is 0.495. The lowest BCUT2D eigenvalue weighted by Gasteiger charge is -2.18. The van der Waals surface area contributed by atoms with Crippen LogP contribution in [0.4, 0.5) is 0 Å². The Kier molecular flexibility index (Phi) is 3.83. The summed E-state index contributed by atoms with van der Waals surface area (Å²) in [5.74, 6) is 0.498. The van der Waals surface area contributed by atoms with Gasteiger partial charge in [-0.3, -0.25) is 0 Å². The van der Waals surface area contributed by atoms with Crippen molar-refractivity contribution >= 4 is 17.7 Å². The molecule has 1 atom stereocenters. The number of rotatable bonds is 4. The molecular formula is C26H22. The van der Waals surface area contributed by atoms with Gasteiger partial charge in [0, 0.05) is 5.92 Å². The fourth-order valence-corrected chi connectivity index (χ4v) is 4.46. The van der Waals surface area contributed by atoms with E-state index in [0.29, 0.717) is 5.92 Å². The first-order valence-electron chi connectivity index (χ1n) is 9.52. The first kappa shape index (κ1) is 15.4. The second-order valence-electron chi connectivity index (χ2n) is 7.36. The molecule has 26 heavy (non-hydrogen) atoms. The molecule has 0 N–H and O–H groups in total. The molecule has 0 aromatic heterocycles. The molecule has 0 spiro atoms. The Balaban J connectivity index is 1.41. The smallest absolute Gasteiger partial charge is 0.0104 e. The summed E-state index contributed by atoms with van der Waals surface area (Å²) < 4.78 is 0. The Hall–Kier alpha value is -2.86. The lowest BCUT2D eigenvalue weighted by atomic mass is 9.86. The molecule has 2 aliphatic carbocycles. The number of fused-ring (bicyclic) bond motifs is 2. The highest BCUT2D eigenvalue weighted by molar-refractivity contribution is 5.91. The van der Waals surface area contributed by atoms with Crippen molar-refractivity contribution in [3.8, 4) is 0 Å². The predicted molar refractivity (Wildman–Crippen MR) is 111 cm³/mol. The molecule has 0 nitrogen and oxygen atoms in total. The van der Waals surface area contributed by atoms with Crippen LogP contribution in [0.25, 0.3) is 17.7 Å². The van der Waals surface area contributed by atoms with Gasteiger partial charge in [-0.05, 0) is 52.7 Å². The number of hydrogen-bond donors (Lipinski definition) is 0. The van der Waals surface area contributed by atoms with Crippen LogP contribution in [0, 0.1) is 0 Å². The van der Waals surface area contributed by atoms with Gasteiger partial charge < -0.3 is 0 Å². The van der Waals surface area contributed by atoms with Crippen molar-refractivity contribution < 1.29 is 0 Å². The van der Waals surface area contributed by atoms with E-state index in [0.717, 1.165) is 12.8 Å². The van der Waals surface area contributed by atoms with Crippen LogP contribution in [0.15, 0.2) is 84.4 Å². The van der Waals surface area contributed by atoms with Crippen LogP contribution >= 0.6 is 0 Å². The van der Waals surface area contributed by atoms with Crippen LogP contribution in [-0.4, -0.2) is 0 Å². The minimum atomic E-state index is 0.498. The zero-order valence-corrected chi connectivity index (χ0v) is 14.9. The molecule has 0 amide bonds. The highest BCUT2D eigenvalue weighted by atomic mass is 14.3. The maximum Gasteiger partial charge on any atom is 0.0104 e. The number of allylic oxidation sites excluding steroid dienone is 2. The first-order valence-corrected chi connectivity index (χ1v) is 9.52. The van der Waals surface area contributed by atoms with Crippen molar-refractivity contribution in [1.29, 1.82) is 0 Å². The Morgan fingerprint density at radius 1 is 0.692 bits per heavy atom. The van der Waals surface area contributed by atoms with Crippen molar-refractivity contribution in [2.24, 2.45) is 0 Å². The Morgan fingerprint density at radius 2 is 1.42 bits per heavy atom. The Labute approximate surface area is 155 Å². The molecule has 0 heteroatoms. The summed E-state index contributed by atoms with van der Waals surface area (Å²) in [5, 5.41) is 0. The summed E-state index contributed by atoms with van der Waals surface area (Å²) in [6.07, 6.45) is 8.26. The largest absolute Gasteiger partial charge is 0.0652 e. The summed E-state index contributed by atoms with van der Waals surface area (Å²) in [6.45, 7) is 0. The highest BCUT2D eigenvalue weighted by Gasteiger charge is 2.26. The molecule has 3 aromatic rings. The summed E-state index contributed by atoms with van der Waals surface area (Å²) >= 11 is 0. The van der Waals surface area contributed by atoms with Gasteiger partial charge in [-0.1, -0.05) is 96.6 Å². The van der Waals surface area contributed by atoms with Crippen molar-refractivity contribution in [1.82, 2.24) is 0 Å². The van der Waals surface area contributed by atoms with E-state index in [1.54, 1.807) is 5.57 Å². The fraction of sp³-hybridized carbons (Fsp3) is 0.154. The van der Waals surface area contributed by atoms with E-state index >= 15 is 0 Å². The van der Waals surface area contributed by atoms with Gasteiger partial charge in [0.1, 0.15) is 0 Å². The third-order valence-corrected chi connectivity index (χ3v) is 5.75. The molecule has 0 saturated carbocycles. The fourth-order valence-electron chi connectivity index (χ4n) is 4.46. The van der Waals surface area contributed by atoms with Crippen LogP contribution in [0.2, 0.25) is 0 Å². The average molecular weight is 334 g/mol. The topological polar surface area (TPSA) is 0 Å². The molecule has 5 rings (SSSR count). The van der Waals surface area contributed by atoms with Crippen molar-refractivity contribution in [3.63, 3.8) is 0 Å². The van der Waals surface area contributed by atoms with E-state index in [1.807, 2.05) is 0 Å². The van der Waals surface area contributed by atoms with E-state index in [1.165, 1.54) is 39.8 Å². The lowest BCUT2D eigenvalue weighted by molar-refractivity contribution is 0.745. The lowest BCUT2D eigenvalue weighted by Crippen LogP contribution is -2.00. The molecule has 2 aliphatic rings. The van der Waals surface area contributed by atoms with Crippen LogP contribution in [0.5, 0.6) is 0 Å². The van der Waals surface area contributed by atoms with Crippen molar-refractivity contribution in [2.45, 2.75) is 25.2 Å². The summed E-state index contributed by atoms with van der Waals surface area (Å²) in [5.41, 5.74) is 10.2. The monoisotopic (exact) mass is 334 g/mol. The molecule has 0 saturated heterocycles. The van der Waals surface area contributed by atoms with E-state index in [-0.39, 0.29) is 0 Å². The molecule has 0 fully saturated rings. The van der Waals surface area contributed by atoms with Gasteiger partial charge in [-0.25, -0.2) is 0 Å². The molecule has 0 aliphatic heterocycles. The molecule has 3 aromatic carbocycles. The van der Waals surface area contributed by atoms with Crippen molar-refractivity contribution in [2.75, 3.05) is 0 Å². The molecular weight excluding hydrogens is 312 g/mol. The van der Waals surface area contributed by atoms with Gasteiger partial charge in [0.2, 0.25) is 0 Å². The Bertz CT molecular complexity index is 1000. The molecule has 0 heterocycles. The molecule has 1 unspecified atom stereocenters. The normalized spacial score (nSPS) is 17.5. The SMILES string of the molecule is C1=C(CCC2C(c3ccccc3)=Cc3ccccc32)Cc2ccccc21. The maximum atomic E-state index is 2.40. The predicted octanol–water partition coefficient (Wildman–Crippen LogP) is 6.74. The maximum absolute atomic E-state index is 2.40. The van der Waals surface area contributed by atoms with Crippen LogP contribution in [0.3, 0.4) is 0 Å². The van der Waals surface area contributed by atoms with Crippen molar-refractivity contribution in [3.05, 3.63) is 112 Å². The zero-order valence-electron chi connectivity index (χ0n) is 14.9. The average Bonchev–Trinajstić information content (AvgIpc) is 3.28. The molecule has 0 bridgehead atoms. The zero-order chi connectivity index (χ0) is 17.3. The van der Waals surface area contributed by atoms with E-state index in [4.69, 9.17) is 0 Å². The van der Waals surface area contributed by atoms with Gasteiger partial charge in [0.25, 0.3) is 0 Å². The van der Waals surface area contributed by atoms with Gasteiger partial charge in [0.05, 0.1) is 0 Å². The molecule has 0 radical (unpaired) electrons. The third-order valence-electron chi connectivity index (χ3n) is 5.75. The standard InChI is InChI=1S/C26H22/c1-2-8-20(9-3-1)26-18-23-12-6-7-13-24(23)25(26)15-14-19-16-21-10-4-5-11-22(21)17-19/h1-13,16,18,25H,14-15,17H2. The van der Waals surface area contributed by atoms with Crippen LogP contribution in [-0.2, 0) is 6.42 Å². The van der Waals surface area contributed by atoms with E-state index < -0.39 is 0 Å². The minimum Gasteiger partial charge on any atom is -0.0652 e. The third kappa shape index (κ3) is 2.72.